The Kier molecular flexibility index (Phi) is 10.0. The van der Waals surface area contributed by atoms with E-state index >= 15 is 0 Å². The molecule has 3 N–H and O–H groups in total. The molecule has 4 rings (SSSR count). The van der Waals surface area contributed by atoms with Gasteiger partial charge in [0.25, 0.3) is 10.0 Å². The summed E-state index contributed by atoms with van der Waals surface area (Å²) in [5, 5.41) is 5.80. The Morgan fingerprint density at radius 2 is 1.49 bits per heavy atom. The van der Waals surface area contributed by atoms with Crippen LogP contribution in [-0.4, -0.2) is 48.2 Å². The lowest BCUT2D eigenvalue weighted by atomic mass is 10.2. The lowest BCUT2D eigenvalue weighted by Gasteiger charge is -2.22. The number of carbonyl (C=O) groups excluding carboxylic acids is 2. The van der Waals surface area contributed by atoms with Crippen LogP contribution in [0.25, 0.3) is 0 Å². The molecule has 0 bridgehead atoms. The minimum atomic E-state index is -3.96. The van der Waals surface area contributed by atoms with Gasteiger partial charge in [0.2, 0.25) is 27.8 Å². The van der Waals surface area contributed by atoms with Gasteiger partial charge in [-0.2, -0.15) is 4.98 Å². The highest BCUT2D eigenvalue weighted by Gasteiger charge is 2.41. The number of amides is 2. The quantitative estimate of drug-likeness (QED) is 0.231. The standard InChI is InChI=1S/C29H36N6O6S2/c1-4-6-26(36)34-42(38,39)24-14-12-23(13-15-24)32-29-30-18-20(3)28(33-29)31-22-10-8-21(9-11-22)19-35(27(37)7-5-2)43(40,41)25-16-17-25/h8-15,18,25H,4-7,16-17,19H2,1-3H3,(H,34,36)(H2,30,31,32,33). The normalized spacial score (nSPS) is 13.3. The van der Waals surface area contributed by atoms with Gasteiger partial charge in [-0.25, -0.2) is 30.8 Å². The van der Waals surface area contributed by atoms with Crippen molar-refractivity contribution >= 4 is 55.0 Å². The van der Waals surface area contributed by atoms with Crippen molar-refractivity contribution in [2.75, 3.05) is 10.6 Å². The topological polar surface area (TPSA) is 168 Å². The highest BCUT2D eigenvalue weighted by atomic mass is 32.2. The first-order valence-electron chi connectivity index (χ1n) is 14.1. The number of rotatable bonds is 14. The van der Waals surface area contributed by atoms with Gasteiger partial charge in [0.05, 0.1) is 16.7 Å². The molecule has 0 spiro atoms. The molecule has 2 aromatic carbocycles. The largest absolute Gasteiger partial charge is 0.340 e. The minimum Gasteiger partial charge on any atom is -0.340 e. The number of nitrogens with one attached hydrogen (secondary N) is 3. The summed E-state index contributed by atoms with van der Waals surface area (Å²) >= 11 is 0. The molecule has 1 aliphatic rings. The highest BCUT2D eigenvalue weighted by molar-refractivity contribution is 7.90. The highest BCUT2D eigenvalue weighted by Crippen LogP contribution is 2.32. The van der Waals surface area contributed by atoms with E-state index in [0.717, 1.165) is 9.87 Å². The van der Waals surface area contributed by atoms with Crippen molar-refractivity contribution in [2.24, 2.45) is 0 Å². The minimum absolute atomic E-state index is 0.0102. The first-order chi connectivity index (χ1) is 20.4. The van der Waals surface area contributed by atoms with E-state index in [2.05, 4.69) is 25.3 Å². The van der Waals surface area contributed by atoms with Crippen LogP contribution in [0.2, 0.25) is 0 Å². The molecule has 0 saturated heterocycles. The molecular formula is C29H36N6O6S2. The molecule has 43 heavy (non-hydrogen) atoms. The summed E-state index contributed by atoms with van der Waals surface area (Å²) in [5.74, 6) is -0.146. The average molecular weight is 629 g/mol. The Hall–Kier alpha value is -4.04. The van der Waals surface area contributed by atoms with E-state index in [1.165, 1.54) is 12.1 Å². The van der Waals surface area contributed by atoms with Crippen molar-refractivity contribution in [3.8, 4) is 0 Å². The maximum absolute atomic E-state index is 12.9. The van der Waals surface area contributed by atoms with Crippen LogP contribution >= 0.6 is 0 Å². The summed E-state index contributed by atoms with van der Waals surface area (Å²) in [5.41, 5.74) is 2.70. The Balaban J connectivity index is 1.43. The predicted octanol–water partition coefficient (Wildman–Crippen LogP) is 4.50. The van der Waals surface area contributed by atoms with E-state index in [0.29, 0.717) is 48.4 Å². The van der Waals surface area contributed by atoms with Crippen molar-refractivity contribution in [2.45, 2.75) is 76.0 Å². The van der Waals surface area contributed by atoms with E-state index < -0.39 is 31.2 Å². The number of aryl methyl sites for hydroxylation is 1. The smallest absolute Gasteiger partial charge is 0.264 e. The molecule has 12 nitrogen and oxygen atoms in total. The van der Waals surface area contributed by atoms with Crippen LogP contribution in [0.1, 0.15) is 63.5 Å². The summed E-state index contributed by atoms with van der Waals surface area (Å²) in [6.07, 6.45) is 4.21. The third-order valence-corrected chi connectivity index (χ3v) is 10.3. The molecule has 1 aliphatic carbocycles. The van der Waals surface area contributed by atoms with Crippen molar-refractivity contribution in [3.63, 3.8) is 0 Å². The van der Waals surface area contributed by atoms with Crippen LogP contribution in [-0.2, 0) is 36.2 Å². The third-order valence-electron chi connectivity index (χ3n) is 6.66. The van der Waals surface area contributed by atoms with E-state index in [-0.39, 0.29) is 36.1 Å². The Morgan fingerprint density at radius 1 is 0.884 bits per heavy atom. The number of hydrogen-bond donors (Lipinski definition) is 3. The summed E-state index contributed by atoms with van der Waals surface area (Å²) in [7, 11) is -7.62. The summed E-state index contributed by atoms with van der Waals surface area (Å²) in [4.78, 5) is 33.1. The molecule has 1 heterocycles. The predicted molar refractivity (Wildman–Crippen MR) is 164 cm³/mol. The first kappa shape index (κ1) is 31.9. The number of anilines is 4. The fourth-order valence-corrected chi connectivity index (χ4v) is 6.97. The monoisotopic (exact) mass is 628 g/mol. The van der Waals surface area contributed by atoms with Crippen molar-refractivity contribution in [1.29, 1.82) is 0 Å². The Morgan fingerprint density at radius 3 is 2.09 bits per heavy atom. The number of hydrogen-bond acceptors (Lipinski definition) is 10. The van der Waals surface area contributed by atoms with E-state index in [4.69, 9.17) is 0 Å². The summed E-state index contributed by atoms with van der Waals surface area (Å²) in [6.45, 7) is 5.46. The molecule has 1 saturated carbocycles. The number of nitrogens with zero attached hydrogens (tertiary/aromatic N) is 3. The fourth-order valence-electron chi connectivity index (χ4n) is 4.16. The van der Waals surface area contributed by atoms with Gasteiger partial charge in [-0.05, 0) is 74.6 Å². The number of benzene rings is 2. The molecule has 3 aromatic rings. The van der Waals surface area contributed by atoms with E-state index in [1.54, 1.807) is 49.5 Å². The lowest BCUT2D eigenvalue weighted by molar-refractivity contribution is -0.127. The molecule has 1 aromatic heterocycles. The van der Waals surface area contributed by atoms with Gasteiger partial charge in [0.15, 0.2) is 0 Å². The van der Waals surface area contributed by atoms with Gasteiger partial charge in [-0.3, -0.25) is 9.59 Å². The van der Waals surface area contributed by atoms with Crippen LogP contribution in [0.3, 0.4) is 0 Å². The SMILES string of the molecule is CCCC(=O)NS(=O)(=O)c1ccc(Nc2ncc(C)c(Nc3ccc(CN(C(=O)CCC)S(=O)(=O)C4CC4)cc3)n2)cc1. The van der Waals surface area contributed by atoms with Gasteiger partial charge in [0.1, 0.15) is 5.82 Å². The second kappa shape index (κ2) is 13.5. The molecule has 230 valence electrons. The lowest BCUT2D eigenvalue weighted by Crippen LogP contribution is -2.38. The van der Waals surface area contributed by atoms with Crippen LogP contribution in [0, 0.1) is 6.92 Å². The molecule has 0 atom stereocenters. The van der Waals surface area contributed by atoms with Gasteiger partial charge in [0, 0.05) is 36.0 Å². The average Bonchev–Trinajstić information content (AvgIpc) is 3.81. The zero-order valence-electron chi connectivity index (χ0n) is 24.3. The van der Waals surface area contributed by atoms with Gasteiger partial charge < -0.3 is 10.6 Å². The second-order valence-electron chi connectivity index (χ2n) is 10.4. The fraction of sp³-hybridized carbons (Fsp3) is 0.379. The Bertz CT molecular complexity index is 1670. The first-order valence-corrected chi connectivity index (χ1v) is 17.1. The zero-order valence-corrected chi connectivity index (χ0v) is 26.0. The van der Waals surface area contributed by atoms with Crippen LogP contribution in [0.4, 0.5) is 23.1 Å². The summed E-state index contributed by atoms with van der Waals surface area (Å²) < 4.78 is 53.7. The number of sulfonamides is 2. The van der Waals surface area contributed by atoms with Crippen molar-refractivity contribution in [3.05, 3.63) is 65.9 Å². The second-order valence-corrected chi connectivity index (χ2v) is 14.2. The van der Waals surface area contributed by atoms with Crippen molar-refractivity contribution in [1.82, 2.24) is 19.0 Å². The molecule has 1 fully saturated rings. The van der Waals surface area contributed by atoms with Gasteiger partial charge in [-0.15, -0.1) is 0 Å². The molecule has 0 unspecified atom stereocenters. The van der Waals surface area contributed by atoms with Gasteiger partial charge in [-0.1, -0.05) is 26.0 Å². The zero-order chi connectivity index (χ0) is 31.2. The molecule has 14 heteroatoms. The van der Waals surface area contributed by atoms with E-state index in [9.17, 15) is 26.4 Å². The third kappa shape index (κ3) is 8.29. The number of carbonyl (C=O) groups is 2. The number of aromatic nitrogens is 2. The molecule has 2 amide bonds. The molecule has 0 aliphatic heterocycles. The Labute approximate surface area is 252 Å². The van der Waals surface area contributed by atoms with Crippen LogP contribution in [0.15, 0.2) is 59.6 Å². The summed E-state index contributed by atoms with van der Waals surface area (Å²) in [6, 6.07) is 13.0. The maximum atomic E-state index is 12.9. The molecular weight excluding hydrogens is 592 g/mol. The maximum Gasteiger partial charge on any atom is 0.264 e. The van der Waals surface area contributed by atoms with Crippen LogP contribution in [0.5, 0.6) is 0 Å². The van der Waals surface area contributed by atoms with Crippen molar-refractivity contribution < 1.29 is 26.4 Å². The van der Waals surface area contributed by atoms with Crippen LogP contribution < -0.4 is 15.4 Å². The van der Waals surface area contributed by atoms with E-state index in [1.807, 2.05) is 13.8 Å². The molecule has 0 radical (unpaired) electrons. The van der Waals surface area contributed by atoms with Gasteiger partial charge >= 0.3 is 0 Å².